The van der Waals surface area contributed by atoms with Crippen molar-refractivity contribution in [1.82, 2.24) is 10.2 Å². The summed E-state index contributed by atoms with van der Waals surface area (Å²) < 4.78 is 18.8. The number of hydrogen-bond donors (Lipinski definition) is 1. The van der Waals surface area contributed by atoms with Crippen LogP contribution in [0, 0.1) is 5.82 Å². The van der Waals surface area contributed by atoms with E-state index in [1.54, 1.807) is 11.0 Å². The monoisotopic (exact) mass is 328 g/mol. The van der Waals surface area contributed by atoms with Crippen LogP contribution in [-0.4, -0.2) is 30.4 Å². The van der Waals surface area contributed by atoms with E-state index in [0.29, 0.717) is 13.2 Å². The van der Waals surface area contributed by atoms with E-state index < -0.39 is 0 Å². The standard InChI is InChI=1S/C19H21FN2O2/c1-22-10-9-18(19(22)23)21-12-14-5-7-17(8-6-14)24-13-15-3-2-4-16(20)11-15/h2-8,11,18,21H,9-10,12-13H2,1H3. The summed E-state index contributed by atoms with van der Waals surface area (Å²) in [5.41, 5.74) is 1.89. The molecule has 1 N–H and O–H groups in total. The van der Waals surface area contributed by atoms with Gasteiger partial charge in [-0.05, 0) is 41.8 Å². The fraction of sp³-hybridized carbons (Fsp3) is 0.316. The average Bonchev–Trinajstić information content (AvgIpc) is 2.91. The number of ether oxygens (including phenoxy) is 1. The Morgan fingerprint density at radius 1 is 1.21 bits per heavy atom. The van der Waals surface area contributed by atoms with Gasteiger partial charge < -0.3 is 15.0 Å². The Morgan fingerprint density at radius 2 is 2.00 bits per heavy atom. The quantitative estimate of drug-likeness (QED) is 0.886. The largest absolute Gasteiger partial charge is 0.489 e. The van der Waals surface area contributed by atoms with Gasteiger partial charge in [0.15, 0.2) is 0 Å². The number of benzene rings is 2. The van der Waals surface area contributed by atoms with Crippen LogP contribution in [0.25, 0.3) is 0 Å². The second-order valence-electron chi connectivity index (χ2n) is 6.04. The van der Waals surface area contributed by atoms with E-state index >= 15 is 0 Å². The number of hydrogen-bond acceptors (Lipinski definition) is 3. The Morgan fingerprint density at radius 3 is 2.67 bits per heavy atom. The normalized spacial score (nSPS) is 17.3. The van der Waals surface area contributed by atoms with Gasteiger partial charge in [0.1, 0.15) is 18.2 Å². The Balaban J connectivity index is 1.49. The van der Waals surface area contributed by atoms with Crippen molar-refractivity contribution in [3.05, 3.63) is 65.5 Å². The molecule has 1 atom stereocenters. The van der Waals surface area contributed by atoms with Crippen molar-refractivity contribution in [1.29, 1.82) is 0 Å². The van der Waals surface area contributed by atoms with Gasteiger partial charge in [0.05, 0.1) is 6.04 Å². The molecule has 1 amide bonds. The number of nitrogens with one attached hydrogen (secondary N) is 1. The smallest absolute Gasteiger partial charge is 0.239 e. The molecule has 1 aliphatic heterocycles. The van der Waals surface area contributed by atoms with Crippen LogP contribution in [0.4, 0.5) is 4.39 Å². The Hall–Kier alpha value is -2.40. The van der Waals surface area contributed by atoms with Crippen LogP contribution in [-0.2, 0) is 17.9 Å². The van der Waals surface area contributed by atoms with Gasteiger partial charge in [0.25, 0.3) is 0 Å². The average molecular weight is 328 g/mol. The van der Waals surface area contributed by atoms with E-state index in [-0.39, 0.29) is 17.8 Å². The summed E-state index contributed by atoms with van der Waals surface area (Å²) in [5.74, 6) is 0.634. The molecule has 126 valence electrons. The van der Waals surface area contributed by atoms with E-state index in [2.05, 4.69) is 5.32 Å². The van der Waals surface area contributed by atoms with Crippen molar-refractivity contribution in [2.24, 2.45) is 0 Å². The van der Waals surface area contributed by atoms with Crippen molar-refractivity contribution in [2.75, 3.05) is 13.6 Å². The molecule has 1 aliphatic rings. The minimum Gasteiger partial charge on any atom is -0.489 e. The molecule has 2 aromatic carbocycles. The van der Waals surface area contributed by atoms with Gasteiger partial charge >= 0.3 is 0 Å². The third-order valence-corrected chi connectivity index (χ3v) is 4.20. The molecule has 0 radical (unpaired) electrons. The summed E-state index contributed by atoms with van der Waals surface area (Å²) >= 11 is 0. The summed E-state index contributed by atoms with van der Waals surface area (Å²) in [6.45, 7) is 1.79. The van der Waals surface area contributed by atoms with Gasteiger partial charge in [-0.3, -0.25) is 4.79 Å². The molecule has 1 heterocycles. The minimum atomic E-state index is -0.260. The van der Waals surface area contributed by atoms with Crippen molar-refractivity contribution in [2.45, 2.75) is 25.6 Å². The van der Waals surface area contributed by atoms with Crippen molar-refractivity contribution in [3.8, 4) is 5.75 Å². The number of halogens is 1. The Kier molecular flexibility index (Phi) is 5.11. The lowest BCUT2D eigenvalue weighted by molar-refractivity contribution is -0.128. The van der Waals surface area contributed by atoms with Crippen LogP contribution in [0.1, 0.15) is 17.5 Å². The molecule has 5 heteroatoms. The molecule has 0 bridgehead atoms. The van der Waals surface area contributed by atoms with Gasteiger partial charge in [0, 0.05) is 20.1 Å². The van der Waals surface area contributed by atoms with E-state index in [4.69, 9.17) is 4.74 Å². The number of nitrogens with zero attached hydrogens (tertiary/aromatic N) is 1. The van der Waals surface area contributed by atoms with Crippen LogP contribution >= 0.6 is 0 Å². The van der Waals surface area contributed by atoms with Gasteiger partial charge in [-0.25, -0.2) is 4.39 Å². The maximum absolute atomic E-state index is 13.1. The predicted octanol–water partition coefficient (Wildman–Crippen LogP) is 2.73. The van der Waals surface area contributed by atoms with Gasteiger partial charge in [-0.1, -0.05) is 24.3 Å². The van der Waals surface area contributed by atoms with Crippen molar-refractivity contribution in [3.63, 3.8) is 0 Å². The predicted molar refractivity (Wildman–Crippen MR) is 90.1 cm³/mol. The maximum Gasteiger partial charge on any atom is 0.239 e. The molecule has 24 heavy (non-hydrogen) atoms. The Bertz CT molecular complexity index is 703. The molecule has 0 spiro atoms. The SMILES string of the molecule is CN1CCC(NCc2ccc(OCc3cccc(F)c3)cc2)C1=O. The molecule has 3 rings (SSSR count). The molecule has 0 aromatic heterocycles. The minimum absolute atomic E-state index is 0.0843. The third-order valence-electron chi connectivity index (χ3n) is 4.20. The first kappa shape index (κ1) is 16.5. The molecule has 1 saturated heterocycles. The van der Waals surface area contributed by atoms with Crippen LogP contribution in [0.5, 0.6) is 5.75 Å². The molecule has 0 aliphatic carbocycles. The molecule has 2 aromatic rings. The summed E-state index contributed by atoms with van der Waals surface area (Å²) in [4.78, 5) is 13.6. The molecule has 1 fully saturated rings. The first-order valence-electron chi connectivity index (χ1n) is 8.06. The number of rotatable bonds is 6. The first-order chi connectivity index (χ1) is 11.6. The molecule has 4 nitrogen and oxygen atoms in total. The fourth-order valence-electron chi connectivity index (χ4n) is 2.75. The zero-order valence-electron chi connectivity index (χ0n) is 13.7. The van der Waals surface area contributed by atoms with Crippen molar-refractivity contribution < 1.29 is 13.9 Å². The van der Waals surface area contributed by atoms with E-state index in [1.807, 2.05) is 37.4 Å². The second kappa shape index (κ2) is 7.45. The lowest BCUT2D eigenvalue weighted by atomic mass is 10.2. The van der Waals surface area contributed by atoms with Gasteiger partial charge in [0.2, 0.25) is 5.91 Å². The van der Waals surface area contributed by atoms with E-state index in [1.165, 1.54) is 12.1 Å². The van der Waals surface area contributed by atoms with E-state index in [9.17, 15) is 9.18 Å². The highest BCUT2D eigenvalue weighted by atomic mass is 19.1. The summed E-state index contributed by atoms with van der Waals surface area (Å²) in [7, 11) is 1.83. The molecular formula is C19H21FN2O2. The van der Waals surface area contributed by atoms with Crippen LogP contribution in [0.15, 0.2) is 48.5 Å². The molecule has 0 saturated carbocycles. The van der Waals surface area contributed by atoms with Gasteiger partial charge in [-0.2, -0.15) is 0 Å². The zero-order chi connectivity index (χ0) is 16.9. The second-order valence-corrected chi connectivity index (χ2v) is 6.04. The number of carbonyl (C=O) groups is 1. The fourth-order valence-corrected chi connectivity index (χ4v) is 2.75. The topological polar surface area (TPSA) is 41.6 Å². The zero-order valence-corrected chi connectivity index (χ0v) is 13.7. The number of carbonyl (C=O) groups excluding carboxylic acids is 1. The summed E-state index contributed by atoms with van der Waals surface area (Å²) in [6, 6.07) is 14.0. The number of likely N-dealkylation sites (tertiary alicyclic amines) is 1. The summed E-state index contributed by atoms with van der Waals surface area (Å²) in [6.07, 6.45) is 0.851. The highest BCUT2D eigenvalue weighted by molar-refractivity contribution is 5.83. The Labute approximate surface area is 141 Å². The number of likely N-dealkylation sites (N-methyl/N-ethyl adjacent to an activating group) is 1. The number of amides is 1. The highest BCUT2D eigenvalue weighted by Gasteiger charge is 2.28. The lowest BCUT2D eigenvalue weighted by Gasteiger charge is -2.12. The summed E-state index contributed by atoms with van der Waals surface area (Å²) in [5, 5.41) is 3.29. The van der Waals surface area contributed by atoms with Crippen LogP contribution in [0.3, 0.4) is 0 Å². The maximum atomic E-state index is 13.1. The van der Waals surface area contributed by atoms with E-state index in [0.717, 1.165) is 29.8 Å². The first-order valence-corrected chi connectivity index (χ1v) is 8.06. The van der Waals surface area contributed by atoms with Gasteiger partial charge in [-0.15, -0.1) is 0 Å². The lowest BCUT2D eigenvalue weighted by Crippen LogP contribution is -2.36. The molecular weight excluding hydrogens is 307 g/mol. The molecule has 1 unspecified atom stereocenters. The van der Waals surface area contributed by atoms with Crippen LogP contribution < -0.4 is 10.1 Å². The van der Waals surface area contributed by atoms with Crippen LogP contribution in [0.2, 0.25) is 0 Å². The highest BCUT2D eigenvalue weighted by Crippen LogP contribution is 2.16. The van der Waals surface area contributed by atoms with Crippen molar-refractivity contribution >= 4 is 5.91 Å². The third kappa shape index (κ3) is 4.11.